The summed E-state index contributed by atoms with van der Waals surface area (Å²) in [5.41, 5.74) is -0.686. The van der Waals surface area contributed by atoms with Crippen molar-refractivity contribution < 1.29 is 23.1 Å². The zero-order valence-electron chi connectivity index (χ0n) is 12.0. The van der Waals surface area contributed by atoms with Crippen LogP contribution < -0.4 is 9.46 Å². The lowest BCUT2D eigenvalue weighted by Crippen LogP contribution is -2.51. The fraction of sp³-hybridized carbons (Fsp3) is 0.500. The Balaban J connectivity index is 2.31. The van der Waals surface area contributed by atoms with Gasteiger partial charge >= 0.3 is 5.97 Å². The first kappa shape index (κ1) is 15.8. The van der Waals surface area contributed by atoms with E-state index in [-0.39, 0.29) is 11.3 Å². The second-order valence-electron chi connectivity index (χ2n) is 5.36. The Kier molecular flexibility index (Phi) is 4.25. The molecular formula is C14H19NO5S. The third-order valence-corrected chi connectivity index (χ3v) is 5.15. The molecule has 7 heteroatoms. The van der Waals surface area contributed by atoms with Gasteiger partial charge in [-0.3, -0.25) is 4.79 Å². The second-order valence-corrected chi connectivity index (χ2v) is 7.04. The van der Waals surface area contributed by atoms with E-state index < -0.39 is 21.5 Å². The van der Waals surface area contributed by atoms with E-state index in [4.69, 9.17) is 4.74 Å². The summed E-state index contributed by atoms with van der Waals surface area (Å²) >= 11 is 0. The Morgan fingerprint density at radius 1 is 1.48 bits per heavy atom. The van der Waals surface area contributed by atoms with Gasteiger partial charge in [0.15, 0.2) is 0 Å². The Morgan fingerprint density at radius 2 is 2.19 bits per heavy atom. The molecule has 1 heterocycles. The SMILES string of the molecule is CCC[C@](C)(NS(=O)(=O)c1ccc2c(c1)CCO2)C(=O)O. The first-order chi connectivity index (χ1) is 9.78. The molecule has 6 nitrogen and oxygen atoms in total. The first-order valence-electron chi connectivity index (χ1n) is 6.81. The van der Waals surface area contributed by atoms with Crippen LogP contribution in [0.1, 0.15) is 32.3 Å². The summed E-state index contributed by atoms with van der Waals surface area (Å²) < 4.78 is 32.5. The van der Waals surface area contributed by atoms with Gasteiger partial charge in [-0.2, -0.15) is 4.72 Å². The summed E-state index contributed by atoms with van der Waals surface area (Å²) in [6.07, 6.45) is 1.43. The number of sulfonamides is 1. The number of nitrogens with one attached hydrogen (secondary N) is 1. The van der Waals surface area contributed by atoms with Crippen molar-refractivity contribution in [1.82, 2.24) is 4.72 Å². The van der Waals surface area contributed by atoms with E-state index in [0.29, 0.717) is 25.2 Å². The van der Waals surface area contributed by atoms with Crippen LogP contribution in [0.4, 0.5) is 0 Å². The predicted octanol–water partition coefficient (Wildman–Crippen LogP) is 1.54. The molecule has 0 saturated carbocycles. The fourth-order valence-corrected chi connectivity index (χ4v) is 3.83. The molecule has 0 aromatic heterocycles. The molecule has 2 rings (SSSR count). The van der Waals surface area contributed by atoms with Crippen LogP contribution in [-0.2, 0) is 21.2 Å². The lowest BCUT2D eigenvalue weighted by Gasteiger charge is -2.25. The summed E-state index contributed by atoms with van der Waals surface area (Å²) in [5.74, 6) is -0.499. The molecule has 0 amide bonds. The highest BCUT2D eigenvalue weighted by molar-refractivity contribution is 7.89. The summed E-state index contributed by atoms with van der Waals surface area (Å²) in [6, 6.07) is 4.58. The van der Waals surface area contributed by atoms with Crippen LogP contribution >= 0.6 is 0 Å². The summed E-state index contributed by atoms with van der Waals surface area (Å²) in [5, 5.41) is 9.28. The minimum absolute atomic E-state index is 0.0651. The van der Waals surface area contributed by atoms with Crippen molar-refractivity contribution in [3.05, 3.63) is 23.8 Å². The Labute approximate surface area is 124 Å². The van der Waals surface area contributed by atoms with Gasteiger partial charge < -0.3 is 9.84 Å². The molecule has 0 fully saturated rings. The van der Waals surface area contributed by atoms with Crippen molar-refractivity contribution in [1.29, 1.82) is 0 Å². The first-order valence-corrected chi connectivity index (χ1v) is 8.30. The monoisotopic (exact) mass is 313 g/mol. The molecule has 0 aliphatic carbocycles. The molecule has 0 radical (unpaired) electrons. The average Bonchev–Trinajstić information content (AvgIpc) is 2.85. The van der Waals surface area contributed by atoms with Crippen LogP contribution in [0.5, 0.6) is 5.75 Å². The molecule has 21 heavy (non-hydrogen) atoms. The minimum Gasteiger partial charge on any atom is -0.493 e. The van der Waals surface area contributed by atoms with Crippen molar-refractivity contribution in [2.45, 2.75) is 43.5 Å². The Bertz CT molecular complexity index is 655. The minimum atomic E-state index is -3.89. The maximum atomic E-state index is 12.4. The van der Waals surface area contributed by atoms with Gasteiger partial charge in [0.05, 0.1) is 11.5 Å². The molecule has 1 atom stereocenters. The normalized spacial score (nSPS) is 16.9. The van der Waals surface area contributed by atoms with E-state index in [1.54, 1.807) is 12.1 Å². The van der Waals surface area contributed by atoms with Crippen LogP contribution in [-0.4, -0.2) is 31.6 Å². The number of carboxylic acids is 1. The molecule has 1 aliphatic rings. The number of rotatable bonds is 6. The molecule has 1 aromatic carbocycles. The van der Waals surface area contributed by atoms with Gasteiger partial charge in [0.2, 0.25) is 10.0 Å². The van der Waals surface area contributed by atoms with Gasteiger partial charge in [-0.1, -0.05) is 13.3 Å². The highest BCUT2D eigenvalue weighted by Crippen LogP contribution is 2.28. The van der Waals surface area contributed by atoms with Crippen LogP contribution in [0.15, 0.2) is 23.1 Å². The van der Waals surface area contributed by atoms with Crippen LogP contribution in [0, 0.1) is 0 Å². The third kappa shape index (κ3) is 3.19. The molecule has 1 aromatic rings. The van der Waals surface area contributed by atoms with E-state index >= 15 is 0 Å². The van der Waals surface area contributed by atoms with E-state index in [2.05, 4.69) is 4.72 Å². The number of hydrogen-bond acceptors (Lipinski definition) is 4. The van der Waals surface area contributed by atoms with Crippen molar-refractivity contribution in [2.24, 2.45) is 0 Å². The number of carboxylic acid groups (broad SMARTS) is 1. The third-order valence-electron chi connectivity index (χ3n) is 3.55. The zero-order valence-corrected chi connectivity index (χ0v) is 12.9. The van der Waals surface area contributed by atoms with Crippen LogP contribution in [0.3, 0.4) is 0 Å². The molecular weight excluding hydrogens is 294 g/mol. The quantitative estimate of drug-likeness (QED) is 0.831. The summed E-state index contributed by atoms with van der Waals surface area (Å²) in [4.78, 5) is 11.4. The van der Waals surface area contributed by atoms with Crippen molar-refractivity contribution in [2.75, 3.05) is 6.61 Å². The highest BCUT2D eigenvalue weighted by Gasteiger charge is 2.37. The lowest BCUT2D eigenvalue weighted by molar-refractivity contribution is -0.143. The predicted molar refractivity (Wildman–Crippen MR) is 76.9 cm³/mol. The topological polar surface area (TPSA) is 92.7 Å². The number of ether oxygens (including phenoxy) is 1. The van der Waals surface area contributed by atoms with Crippen molar-refractivity contribution in [3.63, 3.8) is 0 Å². The summed E-state index contributed by atoms with van der Waals surface area (Å²) in [7, 11) is -3.89. The number of hydrogen-bond donors (Lipinski definition) is 2. The largest absolute Gasteiger partial charge is 0.493 e. The maximum Gasteiger partial charge on any atom is 0.324 e. The molecule has 116 valence electrons. The van der Waals surface area contributed by atoms with Gasteiger partial charge in [-0.05, 0) is 37.1 Å². The van der Waals surface area contributed by atoms with Crippen molar-refractivity contribution >= 4 is 16.0 Å². The fourth-order valence-electron chi connectivity index (χ4n) is 2.39. The smallest absolute Gasteiger partial charge is 0.324 e. The van der Waals surface area contributed by atoms with Gasteiger partial charge in [0.25, 0.3) is 0 Å². The van der Waals surface area contributed by atoms with E-state index in [0.717, 1.165) is 5.56 Å². The number of benzene rings is 1. The average molecular weight is 313 g/mol. The van der Waals surface area contributed by atoms with Crippen molar-refractivity contribution in [3.8, 4) is 5.75 Å². The van der Waals surface area contributed by atoms with Gasteiger partial charge in [0.1, 0.15) is 11.3 Å². The van der Waals surface area contributed by atoms with Crippen LogP contribution in [0.25, 0.3) is 0 Å². The summed E-state index contributed by atoms with van der Waals surface area (Å²) in [6.45, 7) is 3.73. The molecule has 0 spiro atoms. The number of aliphatic carboxylic acids is 1. The molecule has 1 aliphatic heterocycles. The standard InChI is InChI=1S/C14H19NO5S/c1-3-7-14(2,13(16)17)15-21(18,19)11-4-5-12-10(9-11)6-8-20-12/h4-5,9,15H,3,6-8H2,1-2H3,(H,16,17)/t14-/m0/s1. The van der Waals surface area contributed by atoms with E-state index in [1.807, 2.05) is 6.92 Å². The highest BCUT2D eigenvalue weighted by atomic mass is 32.2. The Hall–Kier alpha value is -1.60. The van der Waals surface area contributed by atoms with Gasteiger partial charge in [0, 0.05) is 6.42 Å². The number of carbonyl (C=O) groups is 1. The molecule has 0 unspecified atom stereocenters. The molecule has 0 bridgehead atoms. The van der Waals surface area contributed by atoms with Gasteiger partial charge in [-0.25, -0.2) is 8.42 Å². The second kappa shape index (κ2) is 5.65. The van der Waals surface area contributed by atoms with E-state index in [9.17, 15) is 18.3 Å². The lowest BCUT2D eigenvalue weighted by atomic mass is 9.98. The maximum absolute atomic E-state index is 12.4. The molecule has 0 saturated heterocycles. The van der Waals surface area contributed by atoms with Crippen LogP contribution in [0.2, 0.25) is 0 Å². The Morgan fingerprint density at radius 3 is 2.81 bits per heavy atom. The van der Waals surface area contributed by atoms with E-state index in [1.165, 1.54) is 13.0 Å². The zero-order chi connectivity index (χ0) is 15.7. The molecule has 2 N–H and O–H groups in total. The number of fused-ring (bicyclic) bond motifs is 1. The van der Waals surface area contributed by atoms with Gasteiger partial charge in [-0.15, -0.1) is 0 Å².